The zero-order valence-corrected chi connectivity index (χ0v) is 19.9. The van der Waals surface area contributed by atoms with E-state index in [4.69, 9.17) is 9.47 Å². The van der Waals surface area contributed by atoms with Crippen LogP contribution in [-0.2, 0) is 0 Å². The van der Waals surface area contributed by atoms with Gasteiger partial charge in [0.2, 0.25) is 0 Å². The molecule has 4 heteroatoms. The molecular weight excluding hydrogens is 422 g/mol. The van der Waals surface area contributed by atoms with Gasteiger partial charge in [-0.1, -0.05) is 48.9 Å². The maximum atomic E-state index is 10.2. The second-order valence-electron chi connectivity index (χ2n) is 9.55. The lowest BCUT2D eigenvalue weighted by atomic mass is 9.76. The van der Waals surface area contributed by atoms with E-state index in [1.165, 1.54) is 56.4 Å². The summed E-state index contributed by atoms with van der Waals surface area (Å²) in [7, 11) is 0. The van der Waals surface area contributed by atoms with Crippen molar-refractivity contribution in [3.63, 3.8) is 0 Å². The van der Waals surface area contributed by atoms with E-state index in [9.17, 15) is 5.11 Å². The number of hydrogen-bond donors (Lipinski definition) is 1. The predicted octanol–water partition coefficient (Wildman–Crippen LogP) is 6.35. The molecule has 0 amide bonds. The van der Waals surface area contributed by atoms with Crippen LogP contribution in [0.25, 0.3) is 0 Å². The molecule has 4 nitrogen and oxygen atoms in total. The molecule has 0 spiro atoms. The highest BCUT2D eigenvalue weighted by Gasteiger charge is 2.33. The third-order valence-electron chi connectivity index (χ3n) is 7.20. The van der Waals surface area contributed by atoms with E-state index in [2.05, 4.69) is 53.4 Å². The molecule has 0 bridgehead atoms. The van der Waals surface area contributed by atoms with Gasteiger partial charge in [0.1, 0.15) is 17.2 Å². The topological polar surface area (TPSA) is 41.9 Å². The SMILES string of the molecule is Oc1ccc2c(c1)C(c1ccc(OCCCCN3CCCCC3)cc1)C(c1ccccc1)CO2. The number of rotatable bonds is 8. The number of likely N-dealkylation sites (tertiary alicyclic amines) is 1. The minimum Gasteiger partial charge on any atom is -0.508 e. The van der Waals surface area contributed by atoms with Crippen LogP contribution in [0, 0.1) is 0 Å². The maximum Gasteiger partial charge on any atom is 0.123 e. The molecule has 1 fully saturated rings. The molecule has 3 aromatic rings. The van der Waals surface area contributed by atoms with Gasteiger partial charge < -0.3 is 19.5 Å². The van der Waals surface area contributed by atoms with Crippen LogP contribution in [0.5, 0.6) is 17.2 Å². The first kappa shape index (κ1) is 22.8. The van der Waals surface area contributed by atoms with E-state index in [-0.39, 0.29) is 17.6 Å². The van der Waals surface area contributed by atoms with Crippen molar-refractivity contribution in [3.8, 4) is 17.2 Å². The lowest BCUT2D eigenvalue weighted by Crippen LogP contribution is -2.30. The van der Waals surface area contributed by atoms with Crippen LogP contribution in [0.4, 0.5) is 0 Å². The number of phenols is 1. The smallest absolute Gasteiger partial charge is 0.123 e. The highest BCUT2D eigenvalue weighted by molar-refractivity contribution is 5.51. The summed E-state index contributed by atoms with van der Waals surface area (Å²) in [5.41, 5.74) is 3.49. The Kier molecular flexibility index (Phi) is 7.35. The van der Waals surface area contributed by atoms with Crippen molar-refractivity contribution in [1.82, 2.24) is 4.90 Å². The van der Waals surface area contributed by atoms with Crippen LogP contribution >= 0.6 is 0 Å². The summed E-state index contributed by atoms with van der Waals surface area (Å²) >= 11 is 0. The van der Waals surface area contributed by atoms with Gasteiger partial charge in [-0.25, -0.2) is 0 Å². The van der Waals surface area contributed by atoms with Crippen LogP contribution in [-0.4, -0.2) is 42.9 Å². The molecule has 0 radical (unpaired) electrons. The molecule has 2 unspecified atom stereocenters. The Hall–Kier alpha value is -2.98. The Balaban J connectivity index is 1.26. The molecule has 0 aromatic heterocycles. The van der Waals surface area contributed by atoms with Crippen LogP contribution < -0.4 is 9.47 Å². The van der Waals surface area contributed by atoms with Gasteiger partial charge in [-0.3, -0.25) is 0 Å². The molecule has 1 N–H and O–H groups in total. The molecule has 0 aliphatic carbocycles. The Morgan fingerprint density at radius 3 is 2.44 bits per heavy atom. The van der Waals surface area contributed by atoms with Gasteiger partial charge in [-0.05, 0) is 86.8 Å². The fourth-order valence-corrected chi connectivity index (χ4v) is 5.39. The lowest BCUT2D eigenvalue weighted by Gasteiger charge is -2.34. The first-order valence-electron chi connectivity index (χ1n) is 12.7. The minimum atomic E-state index is 0.108. The van der Waals surface area contributed by atoms with Crippen LogP contribution in [0.1, 0.15) is 60.6 Å². The van der Waals surface area contributed by atoms with Crippen LogP contribution in [0.3, 0.4) is 0 Å². The maximum absolute atomic E-state index is 10.2. The summed E-state index contributed by atoms with van der Waals surface area (Å²) in [6, 6.07) is 24.4. The number of aromatic hydroxyl groups is 1. The fraction of sp³-hybridized carbons (Fsp3) is 0.400. The Labute approximate surface area is 203 Å². The van der Waals surface area contributed by atoms with E-state index >= 15 is 0 Å². The number of hydrogen-bond acceptors (Lipinski definition) is 4. The number of piperidine rings is 1. The Morgan fingerprint density at radius 2 is 1.65 bits per heavy atom. The average molecular weight is 458 g/mol. The van der Waals surface area contributed by atoms with E-state index in [1.807, 2.05) is 18.2 Å². The third kappa shape index (κ3) is 5.39. The summed E-state index contributed by atoms with van der Waals surface area (Å²) in [5.74, 6) is 2.32. The molecule has 1 saturated heterocycles. The van der Waals surface area contributed by atoms with E-state index in [0.717, 1.165) is 30.1 Å². The van der Waals surface area contributed by atoms with Gasteiger partial charge in [0, 0.05) is 17.4 Å². The van der Waals surface area contributed by atoms with Gasteiger partial charge in [-0.2, -0.15) is 0 Å². The number of benzene rings is 3. The molecule has 5 rings (SSSR count). The molecule has 34 heavy (non-hydrogen) atoms. The Bertz CT molecular complexity index is 1040. The number of nitrogens with zero attached hydrogens (tertiary/aromatic N) is 1. The van der Waals surface area contributed by atoms with Crippen LogP contribution in [0.15, 0.2) is 72.8 Å². The number of ether oxygens (including phenoxy) is 2. The highest BCUT2D eigenvalue weighted by Crippen LogP contribution is 2.47. The zero-order chi connectivity index (χ0) is 23.2. The van der Waals surface area contributed by atoms with Crippen molar-refractivity contribution in [1.29, 1.82) is 0 Å². The van der Waals surface area contributed by atoms with E-state index in [1.54, 1.807) is 6.07 Å². The second-order valence-corrected chi connectivity index (χ2v) is 9.55. The first-order valence-corrected chi connectivity index (χ1v) is 12.7. The van der Waals surface area contributed by atoms with Gasteiger partial charge in [-0.15, -0.1) is 0 Å². The quantitative estimate of drug-likeness (QED) is 0.401. The van der Waals surface area contributed by atoms with Crippen molar-refractivity contribution >= 4 is 0 Å². The van der Waals surface area contributed by atoms with Gasteiger partial charge >= 0.3 is 0 Å². The van der Waals surface area contributed by atoms with E-state index < -0.39 is 0 Å². The third-order valence-corrected chi connectivity index (χ3v) is 7.20. The molecule has 2 aliphatic heterocycles. The molecule has 2 atom stereocenters. The summed E-state index contributed by atoms with van der Waals surface area (Å²) < 4.78 is 12.2. The summed E-state index contributed by atoms with van der Waals surface area (Å²) in [6.07, 6.45) is 6.37. The average Bonchev–Trinajstić information content (AvgIpc) is 2.89. The van der Waals surface area contributed by atoms with Crippen LogP contribution in [0.2, 0.25) is 0 Å². The lowest BCUT2D eigenvalue weighted by molar-refractivity contribution is 0.216. The number of phenolic OH excluding ortho intramolecular Hbond substituents is 1. The largest absolute Gasteiger partial charge is 0.508 e. The second kappa shape index (κ2) is 11.0. The molecule has 178 valence electrons. The molecule has 2 aliphatic rings. The Morgan fingerprint density at radius 1 is 0.853 bits per heavy atom. The predicted molar refractivity (Wildman–Crippen MR) is 136 cm³/mol. The van der Waals surface area contributed by atoms with E-state index in [0.29, 0.717) is 6.61 Å². The number of fused-ring (bicyclic) bond motifs is 1. The summed E-state index contributed by atoms with van der Waals surface area (Å²) in [5, 5.41) is 10.2. The van der Waals surface area contributed by atoms with Crippen molar-refractivity contribution in [3.05, 3.63) is 89.5 Å². The van der Waals surface area contributed by atoms with Crippen molar-refractivity contribution in [2.45, 2.75) is 43.9 Å². The molecule has 3 aromatic carbocycles. The number of unbranched alkanes of at least 4 members (excludes halogenated alkanes) is 1. The van der Waals surface area contributed by atoms with Crippen molar-refractivity contribution in [2.24, 2.45) is 0 Å². The molecular formula is C30H35NO3. The summed E-state index contributed by atoms with van der Waals surface area (Å²) in [6.45, 7) is 5.09. The zero-order valence-electron chi connectivity index (χ0n) is 19.9. The van der Waals surface area contributed by atoms with Crippen molar-refractivity contribution in [2.75, 3.05) is 32.8 Å². The standard InChI is InChI=1S/C30H35NO3/c32-25-13-16-29-27(21-25)30(28(22-34-29)23-9-3-1-4-10-23)24-11-14-26(15-12-24)33-20-8-7-19-31-17-5-2-6-18-31/h1,3-4,9-16,21,28,30,32H,2,5-8,17-20,22H2. The highest BCUT2D eigenvalue weighted by atomic mass is 16.5. The minimum absolute atomic E-state index is 0.108. The normalized spacial score (nSPS) is 20.4. The van der Waals surface area contributed by atoms with Gasteiger partial charge in [0.15, 0.2) is 0 Å². The van der Waals surface area contributed by atoms with Gasteiger partial charge in [0.05, 0.1) is 13.2 Å². The van der Waals surface area contributed by atoms with Gasteiger partial charge in [0.25, 0.3) is 0 Å². The monoisotopic (exact) mass is 457 g/mol. The van der Waals surface area contributed by atoms with Crippen molar-refractivity contribution < 1.29 is 14.6 Å². The summed E-state index contributed by atoms with van der Waals surface area (Å²) in [4.78, 5) is 2.59. The molecule has 0 saturated carbocycles. The first-order chi connectivity index (χ1) is 16.8. The molecule has 2 heterocycles. The fourth-order valence-electron chi connectivity index (χ4n) is 5.39.